The van der Waals surface area contributed by atoms with Gasteiger partial charge in [0.2, 0.25) is 5.89 Å². The summed E-state index contributed by atoms with van der Waals surface area (Å²) in [6.45, 7) is 2.72. The van der Waals surface area contributed by atoms with Crippen molar-refractivity contribution >= 4 is 66.7 Å². The number of ether oxygens (including phenoxy) is 1. The van der Waals surface area contributed by atoms with E-state index in [4.69, 9.17) is 26.4 Å². The summed E-state index contributed by atoms with van der Waals surface area (Å²) in [5.41, 5.74) is 3.40. The molecule has 6 nitrogen and oxygen atoms in total. The van der Waals surface area contributed by atoms with Crippen LogP contribution in [0.1, 0.15) is 30.1 Å². The number of anilines is 1. The molecule has 5 rings (SSSR count). The van der Waals surface area contributed by atoms with Gasteiger partial charge in [-0.2, -0.15) is 0 Å². The zero-order valence-electron chi connectivity index (χ0n) is 20.1. The molecule has 0 aliphatic rings. The molecule has 0 saturated heterocycles. The number of thiocarbonyl (C=S) groups is 1. The van der Waals surface area contributed by atoms with Crippen LogP contribution in [0.4, 0.5) is 5.69 Å². The second-order valence-corrected chi connectivity index (χ2v) is 9.74. The van der Waals surface area contributed by atoms with Crippen LogP contribution >= 0.6 is 28.1 Å². The maximum absolute atomic E-state index is 12.7. The van der Waals surface area contributed by atoms with Gasteiger partial charge in [-0.1, -0.05) is 59.6 Å². The summed E-state index contributed by atoms with van der Waals surface area (Å²) in [6.07, 6.45) is 2.00. The van der Waals surface area contributed by atoms with Crippen molar-refractivity contribution in [3.63, 3.8) is 0 Å². The Bertz CT molecular complexity index is 1620. The summed E-state index contributed by atoms with van der Waals surface area (Å²) in [5.74, 6) is 0.879. The Morgan fingerprint density at radius 3 is 2.70 bits per heavy atom. The number of unbranched alkanes of at least 4 members (excludes halogenated alkanes) is 1. The van der Waals surface area contributed by atoms with E-state index in [2.05, 4.69) is 39.6 Å². The quantitative estimate of drug-likeness (QED) is 0.153. The molecule has 186 valence electrons. The number of hydrogen-bond acceptors (Lipinski definition) is 5. The molecule has 1 heterocycles. The van der Waals surface area contributed by atoms with Gasteiger partial charge in [-0.25, -0.2) is 4.98 Å². The molecule has 0 radical (unpaired) electrons. The first kappa shape index (κ1) is 24.9. The summed E-state index contributed by atoms with van der Waals surface area (Å²) in [5, 5.41) is 8.10. The molecule has 0 aliphatic heterocycles. The average Bonchev–Trinajstić information content (AvgIpc) is 3.32. The van der Waals surface area contributed by atoms with Crippen molar-refractivity contribution in [3.8, 4) is 17.2 Å². The van der Waals surface area contributed by atoms with Gasteiger partial charge in [0.15, 0.2) is 10.7 Å². The highest BCUT2D eigenvalue weighted by Crippen LogP contribution is 2.34. The van der Waals surface area contributed by atoms with E-state index in [1.54, 1.807) is 18.2 Å². The minimum absolute atomic E-state index is 0.185. The zero-order chi connectivity index (χ0) is 25.8. The lowest BCUT2D eigenvalue weighted by Gasteiger charge is -2.10. The van der Waals surface area contributed by atoms with Gasteiger partial charge in [-0.3, -0.25) is 10.1 Å². The molecular weight excluding hydrogens is 550 g/mol. The third-order valence-electron chi connectivity index (χ3n) is 5.83. The lowest BCUT2D eigenvalue weighted by molar-refractivity contribution is 0.0977. The molecule has 0 spiro atoms. The van der Waals surface area contributed by atoms with Gasteiger partial charge in [-0.15, -0.1) is 0 Å². The van der Waals surface area contributed by atoms with Crippen LogP contribution in [0.5, 0.6) is 5.75 Å². The van der Waals surface area contributed by atoms with E-state index in [0.29, 0.717) is 40.6 Å². The van der Waals surface area contributed by atoms with Crippen molar-refractivity contribution in [2.24, 2.45) is 0 Å². The molecule has 37 heavy (non-hydrogen) atoms. The number of nitrogens with zero attached hydrogens (tertiary/aromatic N) is 1. The van der Waals surface area contributed by atoms with Crippen LogP contribution in [0.15, 0.2) is 87.8 Å². The number of aromatic nitrogens is 1. The van der Waals surface area contributed by atoms with Gasteiger partial charge < -0.3 is 14.5 Å². The molecule has 2 N–H and O–H groups in total. The van der Waals surface area contributed by atoms with Gasteiger partial charge in [0.25, 0.3) is 5.91 Å². The van der Waals surface area contributed by atoms with Crippen molar-refractivity contribution in [2.75, 3.05) is 11.9 Å². The molecule has 5 aromatic rings. The van der Waals surface area contributed by atoms with Gasteiger partial charge in [0, 0.05) is 21.3 Å². The average molecular weight is 575 g/mol. The third kappa shape index (κ3) is 5.65. The number of halogens is 1. The Labute approximate surface area is 228 Å². The van der Waals surface area contributed by atoms with Crippen molar-refractivity contribution in [1.82, 2.24) is 10.3 Å². The predicted octanol–water partition coefficient (Wildman–Crippen LogP) is 7.72. The Kier molecular flexibility index (Phi) is 7.48. The van der Waals surface area contributed by atoms with Crippen LogP contribution in [0.25, 0.3) is 33.3 Å². The lowest BCUT2D eigenvalue weighted by Crippen LogP contribution is -2.34. The monoisotopic (exact) mass is 573 g/mol. The molecular formula is C29H24BrN3O3S. The highest BCUT2D eigenvalue weighted by Gasteiger charge is 2.14. The zero-order valence-corrected chi connectivity index (χ0v) is 22.5. The third-order valence-corrected chi connectivity index (χ3v) is 6.73. The molecule has 0 unspecified atom stereocenters. The Hall–Kier alpha value is -3.75. The number of benzene rings is 4. The summed E-state index contributed by atoms with van der Waals surface area (Å²) < 4.78 is 12.8. The fourth-order valence-electron chi connectivity index (χ4n) is 3.98. The van der Waals surface area contributed by atoms with Crippen molar-refractivity contribution in [1.29, 1.82) is 0 Å². The molecule has 1 aromatic heterocycles. The smallest absolute Gasteiger partial charge is 0.257 e. The van der Waals surface area contributed by atoms with Gasteiger partial charge in [0.05, 0.1) is 6.61 Å². The topological polar surface area (TPSA) is 76.4 Å². The second-order valence-electron chi connectivity index (χ2n) is 8.48. The largest absolute Gasteiger partial charge is 0.494 e. The first-order valence-corrected chi connectivity index (χ1v) is 13.2. The van der Waals surface area contributed by atoms with Crippen molar-refractivity contribution in [3.05, 3.63) is 88.9 Å². The lowest BCUT2D eigenvalue weighted by atomic mass is 10.0. The fraction of sp³-hybridized carbons (Fsp3) is 0.138. The highest BCUT2D eigenvalue weighted by atomic mass is 79.9. The molecule has 0 fully saturated rings. The number of amides is 1. The van der Waals surface area contributed by atoms with E-state index in [-0.39, 0.29) is 11.0 Å². The van der Waals surface area contributed by atoms with Crippen LogP contribution in [0.2, 0.25) is 0 Å². The highest BCUT2D eigenvalue weighted by molar-refractivity contribution is 9.10. The van der Waals surface area contributed by atoms with E-state index in [9.17, 15) is 4.79 Å². The summed E-state index contributed by atoms with van der Waals surface area (Å²) in [7, 11) is 0. The molecule has 0 aliphatic carbocycles. The standard InChI is InChI=1S/C29H24BrN3O3S/c1-2-3-15-35-20-8-4-7-18(16-20)27(34)33-29(37)31-19-13-14-26-25(17-19)32-28(36-26)23-11-5-10-22-21(23)9-6-12-24(22)30/h4-14,16-17H,2-3,15H2,1H3,(H2,31,33,34,37). The minimum atomic E-state index is -0.314. The van der Waals surface area contributed by atoms with Crippen LogP contribution in [-0.2, 0) is 0 Å². The van der Waals surface area contributed by atoms with Gasteiger partial charge >= 0.3 is 0 Å². The first-order chi connectivity index (χ1) is 18.0. The first-order valence-electron chi connectivity index (χ1n) is 12.0. The van der Waals surface area contributed by atoms with Crippen LogP contribution in [-0.4, -0.2) is 22.6 Å². The van der Waals surface area contributed by atoms with Crippen molar-refractivity contribution < 1.29 is 13.9 Å². The van der Waals surface area contributed by atoms with E-state index < -0.39 is 0 Å². The normalized spacial score (nSPS) is 11.0. The van der Waals surface area contributed by atoms with Crippen molar-refractivity contribution in [2.45, 2.75) is 19.8 Å². The summed E-state index contributed by atoms with van der Waals surface area (Å²) >= 11 is 8.99. The molecule has 4 aromatic carbocycles. The SMILES string of the molecule is CCCCOc1cccc(C(=O)NC(=S)Nc2ccc3oc(-c4cccc5c(Br)cccc45)nc3c2)c1. The fourth-order valence-corrected chi connectivity index (χ4v) is 4.69. The second kappa shape index (κ2) is 11.1. The Morgan fingerprint density at radius 2 is 1.84 bits per heavy atom. The number of nitrogens with one attached hydrogen (secondary N) is 2. The number of carbonyl (C=O) groups is 1. The number of fused-ring (bicyclic) bond motifs is 2. The molecule has 0 saturated carbocycles. The van der Waals surface area contributed by atoms with E-state index >= 15 is 0 Å². The maximum Gasteiger partial charge on any atom is 0.257 e. The molecule has 0 bridgehead atoms. The molecule has 8 heteroatoms. The number of rotatable bonds is 7. The summed E-state index contributed by atoms with van der Waals surface area (Å²) in [4.78, 5) is 17.4. The Balaban J connectivity index is 1.30. The predicted molar refractivity (Wildman–Crippen MR) is 155 cm³/mol. The number of carbonyl (C=O) groups excluding carboxylic acids is 1. The van der Waals surface area contributed by atoms with Gasteiger partial charge in [0.1, 0.15) is 11.3 Å². The molecule has 0 atom stereocenters. The van der Waals surface area contributed by atoms with E-state index in [1.165, 1.54) is 0 Å². The van der Waals surface area contributed by atoms with E-state index in [1.807, 2.05) is 54.6 Å². The van der Waals surface area contributed by atoms with Gasteiger partial charge in [-0.05, 0) is 77.9 Å². The van der Waals surface area contributed by atoms with Crippen LogP contribution in [0, 0.1) is 0 Å². The summed E-state index contributed by atoms with van der Waals surface area (Å²) in [6, 6.07) is 24.6. The number of oxazole rings is 1. The van der Waals surface area contributed by atoms with Crippen LogP contribution < -0.4 is 15.4 Å². The van der Waals surface area contributed by atoms with E-state index in [0.717, 1.165) is 33.7 Å². The Morgan fingerprint density at radius 1 is 1.03 bits per heavy atom. The number of hydrogen-bond donors (Lipinski definition) is 2. The van der Waals surface area contributed by atoms with Crippen LogP contribution in [0.3, 0.4) is 0 Å². The maximum atomic E-state index is 12.7. The molecule has 1 amide bonds. The minimum Gasteiger partial charge on any atom is -0.494 e.